The second-order valence-electron chi connectivity index (χ2n) is 6.97. The molecule has 2 aliphatic heterocycles. The number of carbonyl (C=O) groups is 1. The minimum Gasteiger partial charge on any atom is -0.463 e. The SMILES string of the molecule is Cc1cc2c(cn1)C(=O)N1CCN(S(=O)(=O)c3ccc(OCF)cc3C)CC21. The highest BCUT2D eigenvalue weighted by Gasteiger charge is 2.43. The molecule has 2 aliphatic rings. The highest BCUT2D eigenvalue weighted by Crippen LogP contribution is 2.38. The van der Waals surface area contributed by atoms with Gasteiger partial charge in [-0.1, -0.05) is 0 Å². The minimum absolute atomic E-state index is 0.103. The second kappa shape index (κ2) is 6.82. The average Bonchev–Trinajstić information content (AvgIpc) is 2.93. The summed E-state index contributed by atoms with van der Waals surface area (Å²) in [6.45, 7) is 3.24. The van der Waals surface area contributed by atoms with Crippen molar-refractivity contribution in [3.05, 3.63) is 52.8 Å². The van der Waals surface area contributed by atoms with E-state index in [9.17, 15) is 17.6 Å². The standard InChI is InChI=1S/C19H20FN3O4S/c1-12-7-14(27-11-20)3-4-18(12)28(25,26)22-5-6-23-17(10-22)15-8-13(2)21-9-16(15)19(23)24/h3-4,7-9,17H,5-6,10-11H2,1-2H3. The Morgan fingerprint density at radius 1 is 1.25 bits per heavy atom. The molecule has 2 aromatic rings. The van der Waals surface area contributed by atoms with Crippen LogP contribution in [-0.4, -0.2) is 55.0 Å². The third-order valence-corrected chi connectivity index (χ3v) is 7.28. The van der Waals surface area contributed by atoms with Crippen LogP contribution in [0.1, 0.15) is 33.2 Å². The normalized spacial score (nSPS) is 19.5. The summed E-state index contributed by atoms with van der Waals surface area (Å²) < 4.78 is 45.0. The first-order valence-electron chi connectivity index (χ1n) is 8.90. The number of hydrogen-bond acceptors (Lipinski definition) is 5. The molecule has 1 atom stereocenters. The van der Waals surface area contributed by atoms with Crippen molar-refractivity contribution < 1.29 is 22.3 Å². The molecule has 0 saturated carbocycles. The molecule has 4 rings (SSSR count). The van der Waals surface area contributed by atoms with Gasteiger partial charge in [0.2, 0.25) is 16.9 Å². The number of amides is 1. The fourth-order valence-corrected chi connectivity index (χ4v) is 5.52. The molecule has 1 fully saturated rings. The molecule has 148 valence electrons. The number of nitrogens with zero attached hydrogens (tertiary/aromatic N) is 3. The van der Waals surface area contributed by atoms with E-state index < -0.39 is 16.9 Å². The van der Waals surface area contributed by atoms with Crippen LogP contribution in [0.5, 0.6) is 5.75 Å². The Labute approximate surface area is 162 Å². The van der Waals surface area contributed by atoms with Gasteiger partial charge in [-0.15, -0.1) is 0 Å². The largest absolute Gasteiger partial charge is 0.463 e. The molecule has 1 saturated heterocycles. The van der Waals surface area contributed by atoms with E-state index in [4.69, 9.17) is 4.74 Å². The number of alkyl halides is 1. The number of rotatable bonds is 4. The molecule has 1 unspecified atom stereocenters. The Morgan fingerprint density at radius 2 is 2.04 bits per heavy atom. The van der Waals surface area contributed by atoms with E-state index in [1.165, 1.54) is 22.5 Å². The van der Waals surface area contributed by atoms with Gasteiger partial charge in [0.15, 0.2) is 0 Å². The molecule has 1 aromatic carbocycles. The van der Waals surface area contributed by atoms with Gasteiger partial charge in [0.1, 0.15) is 5.75 Å². The maximum absolute atomic E-state index is 13.2. The second-order valence-corrected chi connectivity index (χ2v) is 8.88. The Balaban J connectivity index is 1.65. The van der Waals surface area contributed by atoms with Gasteiger partial charge >= 0.3 is 0 Å². The molecule has 0 spiro atoms. The van der Waals surface area contributed by atoms with Crippen LogP contribution in [0.25, 0.3) is 0 Å². The zero-order valence-electron chi connectivity index (χ0n) is 15.6. The van der Waals surface area contributed by atoms with Crippen LogP contribution in [-0.2, 0) is 10.0 Å². The number of carbonyl (C=O) groups excluding carboxylic acids is 1. The van der Waals surface area contributed by atoms with Gasteiger partial charge in [0, 0.05) is 31.5 Å². The Morgan fingerprint density at radius 3 is 2.75 bits per heavy atom. The summed E-state index contributed by atoms with van der Waals surface area (Å²) in [7, 11) is -3.76. The highest BCUT2D eigenvalue weighted by molar-refractivity contribution is 7.89. The molecule has 1 amide bonds. The first-order valence-corrected chi connectivity index (χ1v) is 10.3. The molecule has 7 nitrogen and oxygen atoms in total. The quantitative estimate of drug-likeness (QED) is 0.779. The predicted molar refractivity (Wildman–Crippen MR) is 99.3 cm³/mol. The van der Waals surface area contributed by atoms with E-state index in [0.29, 0.717) is 17.7 Å². The van der Waals surface area contributed by atoms with E-state index in [-0.39, 0.29) is 35.7 Å². The van der Waals surface area contributed by atoms with Gasteiger partial charge in [-0.3, -0.25) is 9.78 Å². The van der Waals surface area contributed by atoms with Gasteiger partial charge in [-0.25, -0.2) is 12.8 Å². The highest BCUT2D eigenvalue weighted by atomic mass is 32.2. The third kappa shape index (κ3) is 2.94. The van der Waals surface area contributed by atoms with Crippen molar-refractivity contribution in [1.29, 1.82) is 0 Å². The maximum atomic E-state index is 13.2. The van der Waals surface area contributed by atoms with Gasteiger partial charge in [-0.05, 0) is 49.2 Å². The molecular weight excluding hydrogens is 385 g/mol. The molecule has 9 heteroatoms. The van der Waals surface area contributed by atoms with Crippen molar-refractivity contribution >= 4 is 15.9 Å². The van der Waals surface area contributed by atoms with E-state index in [2.05, 4.69) is 4.98 Å². The van der Waals surface area contributed by atoms with Crippen LogP contribution < -0.4 is 4.74 Å². The van der Waals surface area contributed by atoms with Crippen molar-refractivity contribution in [2.75, 3.05) is 26.5 Å². The van der Waals surface area contributed by atoms with Crippen LogP contribution in [0.3, 0.4) is 0 Å². The van der Waals surface area contributed by atoms with Crippen LogP contribution >= 0.6 is 0 Å². The van der Waals surface area contributed by atoms with Crippen molar-refractivity contribution in [1.82, 2.24) is 14.2 Å². The van der Waals surface area contributed by atoms with E-state index >= 15 is 0 Å². The number of ether oxygens (including phenoxy) is 1. The smallest absolute Gasteiger partial charge is 0.256 e. The molecule has 0 bridgehead atoms. The predicted octanol–water partition coefficient (Wildman–Crippen LogP) is 2.21. The number of halogens is 1. The third-order valence-electron chi connectivity index (χ3n) is 5.25. The van der Waals surface area contributed by atoms with Crippen LogP contribution in [0.2, 0.25) is 0 Å². The molecule has 0 N–H and O–H groups in total. The zero-order valence-corrected chi connectivity index (χ0v) is 16.4. The number of aryl methyl sites for hydroxylation is 2. The van der Waals surface area contributed by atoms with Crippen molar-refractivity contribution in [2.45, 2.75) is 24.8 Å². The van der Waals surface area contributed by atoms with Gasteiger partial charge in [-0.2, -0.15) is 4.31 Å². The average molecular weight is 405 g/mol. The van der Waals surface area contributed by atoms with Crippen molar-refractivity contribution in [3.8, 4) is 5.75 Å². The number of sulfonamides is 1. The van der Waals surface area contributed by atoms with Crippen molar-refractivity contribution in [2.24, 2.45) is 0 Å². The first-order chi connectivity index (χ1) is 13.3. The Bertz CT molecular complexity index is 1060. The van der Waals surface area contributed by atoms with Gasteiger partial charge in [0.05, 0.1) is 16.5 Å². The molecule has 28 heavy (non-hydrogen) atoms. The summed E-state index contributed by atoms with van der Waals surface area (Å²) in [5, 5.41) is 0. The molecular formula is C19H20FN3O4S. The lowest BCUT2D eigenvalue weighted by molar-refractivity contribution is 0.0628. The number of aromatic nitrogens is 1. The summed E-state index contributed by atoms with van der Waals surface area (Å²) >= 11 is 0. The number of pyridine rings is 1. The van der Waals surface area contributed by atoms with Gasteiger partial charge in [0.25, 0.3) is 5.91 Å². The topological polar surface area (TPSA) is 79.8 Å². The summed E-state index contributed by atoms with van der Waals surface area (Å²) in [5.74, 6) is 0.176. The lowest BCUT2D eigenvalue weighted by Gasteiger charge is -2.37. The fourth-order valence-electron chi connectivity index (χ4n) is 3.88. The fraction of sp³-hybridized carbons (Fsp3) is 0.368. The molecule has 1 aromatic heterocycles. The van der Waals surface area contributed by atoms with Crippen LogP contribution in [0.15, 0.2) is 35.4 Å². The number of fused-ring (bicyclic) bond motifs is 3. The van der Waals surface area contributed by atoms with Crippen LogP contribution in [0, 0.1) is 13.8 Å². The minimum atomic E-state index is -3.76. The monoisotopic (exact) mass is 405 g/mol. The lowest BCUT2D eigenvalue weighted by atomic mass is 10.1. The molecule has 0 aliphatic carbocycles. The lowest BCUT2D eigenvalue weighted by Crippen LogP contribution is -2.49. The van der Waals surface area contributed by atoms with Gasteiger partial charge < -0.3 is 9.64 Å². The Kier molecular flexibility index (Phi) is 4.59. The number of benzene rings is 1. The molecule has 3 heterocycles. The zero-order chi connectivity index (χ0) is 20.1. The number of piperazine rings is 1. The Hall–Kier alpha value is -2.52. The van der Waals surface area contributed by atoms with Crippen LogP contribution in [0.4, 0.5) is 4.39 Å². The first kappa shape index (κ1) is 18.8. The van der Waals surface area contributed by atoms with E-state index in [1.807, 2.05) is 13.0 Å². The summed E-state index contributed by atoms with van der Waals surface area (Å²) in [6.07, 6.45) is 1.57. The van der Waals surface area contributed by atoms with E-state index in [0.717, 1.165) is 11.3 Å². The van der Waals surface area contributed by atoms with Crippen molar-refractivity contribution in [3.63, 3.8) is 0 Å². The van der Waals surface area contributed by atoms with E-state index in [1.54, 1.807) is 18.0 Å². The number of hydrogen-bond donors (Lipinski definition) is 0. The molecule has 0 radical (unpaired) electrons. The summed E-state index contributed by atoms with van der Waals surface area (Å²) in [6, 6.07) is 5.92. The maximum Gasteiger partial charge on any atom is 0.256 e. The summed E-state index contributed by atoms with van der Waals surface area (Å²) in [4.78, 5) is 18.7. The summed E-state index contributed by atoms with van der Waals surface area (Å²) in [5.41, 5.74) is 2.63.